The average molecular weight is 723 g/mol. The van der Waals surface area contributed by atoms with Gasteiger partial charge in [0, 0.05) is 99.0 Å². The second-order valence-corrected chi connectivity index (χ2v) is 15.0. The van der Waals surface area contributed by atoms with Crippen molar-refractivity contribution in [2.24, 2.45) is 0 Å². The van der Waals surface area contributed by atoms with Gasteiger partial charge in [-0.25, -0.2) is 4.98 Å². The number of ether oxygens (including phenoxy) is 2. The highest BCUT2D eigenvalue weighted by molar-refractivity contribution is 5.97. The number of fused-ring (bicyclic) bond motifs is 3. The molecule has 3 aromatic carbocycles. The van der Waals surface area contributed by atoms with Crippen molar-refractivity contribution >= 4 is 28.3 Å². The third-order valence-corrected chi connectivity index (χ3v) is 11.7. The smallest absolute Gasteiger partial charge is 0.223 e. The monoisotopic (exact) mass is 722 g/mol. The summed E-state index contributed by atoms with van der Waals surface area (Å²) >= 11 is 0. The minimum Gasteiger partial charge on any atom is -0.489 e. The lowest BCUT2D eigenvalue weighted by Crippen LogP contribution is -2.37. The van der Waals surface area contributed by atoms with Crippen LogP contribution in [-0.4, -0.2) is 75.1 Å². The summed E-state index contributed by atoms with van der Waals surface area (Å²) in [6.45, 7) is 11.3. The van der Waals surface area contributed by atoms with Gasteiger partial charge >= 0.3 is 0 Å². The topological polar surface area (TPSA) is 102 Å². The molecule has 6 heterocycles. The van der Waals surface area contributed by atoms with Crippen molar-refractivity contribution < 1.29 is 19.1 Å². The molecule has 4 aliphatic rings. The van der Waals surface area contributed by atoms with E-state index in [1.165, 1.54) is 16.7 Å². The molecule has 0 aliphatic carbocycles. The van der Waals surface area contributed by atoms with Crippen LogP contribution in [0, 0.1) is 0 Å². The fourth-order valence-electron chi connectivity index (χ4n) is 8.68. The predicted octanol–water partition coefficient (Wildman–Crippen LogP) is 6.71. The maximum Gasteiger partial charge on any atom is 0.223 e. The highest BCUT2D eigenvalue weighted by Gasteiger charge is 2.31. The van der Waals surface area contributed by atoms with Crippen molar-refractivity contribution in [1.29, 1.82) is 0 Å². The van der Waals surface area contributed by atoms with Crippen LogP contribution in [0.15, 0.2) is 79.5 Å². The number of hydrogen-bond donors (Lipinski definition) is 1. The Hall–Kier alpha value is -5.48. The van der Waals surface area contributed by atoms with Gasteiger partial charge in [-0.05, 0) is 66.1 Å². The number of amides is 2. The lowest BCUT2D eigenvalue weighted by atomic mass is 9.98. The summed E-state index contributed by atoms with van der Waals surface area (Å²) in [4.78, 5) is 39.7. The fourth-order valence-corrected chi connectivity index (χ4v) is 8.68. The molecule has 0 saturated carbocycles. The van der Waals surface area contributed by atoms with Gasteiger partial charge in [0.25, 0.3) is 0 Å². The van der Waals surface area contributed by atoms with Crippen LogP contribution in [0.3, 0.4) is 0 Å². The molecule has 0 radical (unpaired) electrons. The van der Waals surface area contributed by atoms with E-state index in [0.717, 1.165) is 108 Å². The van der Waals surface area contributed by atoms with Crippen LogP contribution >= 0.6 is 0 Å². The molecule has 2 saturated heterocycles. The van der Waals surface area contributed by atoms with E-state index in [1.807, 2.05) is 28.1 Å². The van der Waals surface area contributed by atoms with Gasteiger partial charge in [0.05, 0.1) is 30.2 Å². The molecular formula is C44H46N6O4. The number of pyridine rings is 1. The van der Waals surface area contributed by atoms with E-state index >= 15 is 0 Å². The first kappa shape index (κ1) is 34.3. The molecule has 0 bridgehead atoms. The summed E-state index contributed by atoms with van der Waals surface area (Å²) in [7, 11) is 0. The molecule has 4 aliphatic heterocycles. The van der Waals surface area contributed by atoms with Gasteiger partial charge in [-0.15, -0.1) is 0 Å². The van der Waals surface area contributed by atoms with Crippen LogP contribution < -0.4 is 10.1 Å². The zero-order chi connectivity index (χ0) is 36.8. The largest absolute Gasteiger partial charge is 0.489 e. The highest BCUT2D eigenvalue weighted by atomic mass is 16.5. The Morgan fingerprint density at radius 3 is 2.61 bits per heavy atom. The zero-order valence-electron chi connectivity index (χ0n) is 30.9. The summed E-state index contributed by atoms with van der Waals surface area (Å²) < 4.78 is 14.4. The van der Waals surface area contributed by atoms with Gasteiger partial charge in [0.15, 0.2) is 0 Å². The number of aromatic nitrogens is 3. The molecule has 10 nitrogen and oxygen atoms in total. The first-order valence-electron chi connectivity index (χ1n) is 19.3. The third kappa shape index (κ3) is 6.53. The normalized spacial score (nSPS) is 18.5. The number of aryl methyl sites for hydroxylation is 1. The Balaban J connectivity index is 0.879. The summed E-state index contributed by atoms with van der Waals surface area (Å²) in [5.74, 6) is 2.52. The van der Waals surface area contributed by atoms with Crippen molar-refractivity contribution in [3.63, 3.8) is 0 Å². The Labute approximate surface area is 315 Å². The second-order valence-electron chi connectivity index (χ2n) is 15.0. The lowest BCUT2D eigenvalue weighted by molar-refractivity contribution is -0.131. The third-order valence-electron chi connectivity index (χ3n) is 11.7. The molecule has 54 heavy (non-hydrogen) atoms. The molecular weight excluding hydrogens is 677 g/mol. The number of nitrogens with zero attached hydrogens (tertiary/aromatic N) is 5. The molecule has 276 valence electrons. The molecule has 0 unspecified atom stereocenters. The Morgan fingerprint density at radius 2 is 1.78 bits per heavy atom. The van der Waals surface area contributed by atoms with Crippen LogP contribution in [0.1, 0.15) is 66.7 Å². The summed E-state index contributed by atoms with van der Waals surface area (Å²) in [6.07, 6.45) is 5.88. The lowest BCUT2D eigenvalue weighted by Gasteiger charge is -2.30. The van der Waals surface area contributed by atoms with E-state index < -0.39 is 0 Å². The van der Waals surface area contributed by atoms with Gasteiger partial charge < -0.3 is 29.2 Å². The first-order chi connectivity index (χ1) is 26.4. The van der Waals surface area contributed by atoms with Gasteiger partial charge in [-0.3, -0.25) is 14.6 Å². The number of carbonyl (C=O) groups excluding carboxylic acids is 2. The number of rotatable bonds is 8. The van der Waals surface area contributed by atoms with Crippen molar-refractivity contribution in [3.8, 4) is 28.3 Å². The van der Waals surface area contributed by atoms with Crippen LogP contribution in [-0.2, 0) is 40.4 Å². The number of benzene rings is 3. The molecule has 9 rings (SSSR count). The van der Waals surface area contributed by atoms with Crippen molar-refractivity contribution in [2.75, 3.05) is 32.8 Å². The Kier molecular flexibility index (Phi) is 9.14. The van der Waals surface area contributed by atoms with Gasteiger partial charge in [-0.2, -0.15) is 0 Å². The number of imidazole rings is 1. The standard InChI is InChI=1S/C44H46N6O4/c1-28-36-7-3-5-30(38(36)24-45-28)11-14-42(52)49-18-15-35(26-49)54-34-12-9-31(10-13-34)40-23-33-6-4-8-37(39(33)25-46-40)43-41-27-48(29(2)51)19-20-50(41)44(47-43)32-16-21-53-22-17-32/h3-10,12-13,23,25,32,35,45H,1,11,14-22,24,26-27H2,2H3/t35-/m1/s1. The Morgan fingerprint density at radius 1 is 0.963 bits per heavy atom. The highest BCUT2D eigenvalue weighted by Crippen LogP contribution is 2.38. The molecule has 0 spiro atoms. The quantitative estimate of drug-likeness (QED) is 0.190. The van der Waals surface area contributed by atoms with Gasteiger partial charge in [-0.1, -0.05) is 43.0 Å². The van der Waals surface area contributed by atoms with Gasteiger partial charge in [0.1, 0.15) is 17.7 Å². The fraction of sp³-hybridized carbons (Fsp3) is 0.364. The predicted molar refractivity (Wildman–Crippen MR) is 209 cm³/mol. The molecule has 1 atom stereocenters. The molecule has 1 N–H and O–H groups in total. The average Bonchev–Trinajstić information content (AvgIpc) is 3.94. The van der Waals surface area contributed by atoms with E-state index in [0.29, 0.717) is 38.5 Å². The van der Waals surface area contributed by atoms with E-state index in [4.69, 9.17) is 19.4 Å². The van der Waals surface area contributed by atoms with Crippen LogP contribution in [0.25, 0.3) is 39.0 Å². The van der Waals surface area contributed by atoms with Crippen molar-refractivity contribution in [1.82, 2.24) is 29.7 Å². The summed E-state index contributed by atoms with van der Waals surface area (Å²) in [5, 5.41) is 5.44. The van der Waals surface area contributed by atoms with Crippen LogP contribution in [0.4, 0.5) is 0 Å². The molecule has 2 amide bonds. The minimum atomic E-state index is -0.0336. The summed E-state index contributed by atoms with van der Waals surface area (Å²) in [5.41, 5.74) is 9.58. The van der Waals surface area contributed by atoms with Gasteiger partial charge in [0.2, 0.25) is 11.8 Å². The number of likely N-dealkylation sites (tertiary alicyclic amines) is 1. The number of nitrogens with one attached hydrogen (secondary N) is 1. The van der Waals surface area contributed by atoms with E-state index in [2.05, 4.69) is 71.1 Å². The molecule has 2 fully saturated rings. The number of carbonyl (C=O) groups is 2. The van der Waals surface area contributed by atoms with Crippen LogP contribution in [0.2, 0.25) is 0 Å². The number of hydrogen-bond acceptors (Lipinski definition) is 7. The van der Waals surface area contributed by atoms with Crippen molar-refractivity contribution in [3.05, 3.63) is 108 Å². The SMILES string of the molecule is C=C1NCc2c(CCC(=O)N3CC[C@@H](Oc4ccc(-c5cc6cccc(-c7nc(C8CCOCC8)n8c7CN(C(C)=O)CC8)c6cn5)cc4)C3)cccc21. The second kappa shape index (κ2) is 14.4. The zero-order valence-corrected chi connectivity index (χ0v) is 30.9. The van der Waals surface area contributed by atoms with E-state index in [1.54, 1.807) is 6.92 Å². The summed E-state index contributed by atoms with van der Waals surface area (Å²) in [6, 6.07) is 22.8. The minimum absolute atomic E-state index is 0.0336. The Bertz CT molecular complexity index is 2260. The maximum absolute atomic E-state index is 13.2. The van der Waals surface area contributed by atoms with E-state index in [-0.39, 0.29) is 17.9 Å². The molecule has 5 aromatic rings. The first-order valence-corrected chi connectivity index (χ1v) is 19.3. The van der Waals surface area contributed by atoms with E-state index in [9.17, 15) is 9.59 Å². The van der Waals surface area contributed by atoms with Crippen LogP contribution in [0.5, 0.6) is 5.75 Å². The molecule has 10 heteroatoms. The maximum atomic E-state index is 13.2. The van der Waals surface area contributed by atoms with Crippen molar-refractivity contribution in [2.45, 2.75) is 70.7 Å². The molecule has 2 aromatic heterocycles.